The minimum absolute atomic E-state index is 0.0153. The predicted molar refractivity (Wildman–Crippen MR) is 92.5 cm³/mol. The average Bonchev–Trinajstić information content (AvgIpc) is 2.70. The number of aryl methyl sites for hydroxylation is 2. The number of amides is 1. The molecule has 0 radical (unpaired) electrons. The zero-order chi connectivity index (χ0) is 17.0. The van der Waals surface area contributed by atoms with Gasteiger partial charge in [0, 0.05) is 24.4 Å². The van der Waals surface area contributed by atoms with E-state index in [2.05, 4.69) is 40.9 Å². The van der Waals surface area contributed by atoms with Crippen molar-refractivity contribution in [2.75, 3.05) is 5.32 Å². The summed E-state index contributed by atoms with van der Waals surface area (Å²) in [4.78, 5) is 16.4. The first kappa shape index (κ1) is 17.2. The van der Waals surface area contributed by atoms with E-state index in [9.17, 15) is 4.79 Å². The highest BCUT2D eigenvalue weighted by Crippen LogP contribution is 2.17. The third-order valence-corrected chi connectivity index (χ3v) is 3.83. The van der Waals surface area contributed by atoms with Gasteiger partial charge in [-0.05, 0) is 50.8 Å². The van der Waals surface area contributed by atoms with Gasteiger partial charge in [0.05, 0.1) is 5.69 Å². The molecule has 1 amide bonds. The quantitative estimate of drug-likeness (QED) is 0.888. The second-order valence-electron chi connectivity index (χ2n) is 6.44. The number of rotatable bonds is 6. The van der Waals surface area contributed by atoms with Gasteiger partial charge in [0.25, 0.3) is 0 Å². The molecule has 0 saturated heterocycles. The minimum Gasteiger partial charge on any atom is -0.311 e. The second kappa shape index (κ2) is 7.40. The third-order valence-electron chi connectivity index (χ3n) is 3.83. The minimum atomic E-state index is -0.0153. The zero-order valence-corrected chi connectivity index (χ0v) is 14.7. The largest absolute Gasteiger partial charge is 0.311 e. The van der Waals surface area contributed by atoms with Crippen LogP contribution in [0.4, 0.5) is 5.82 Å². The van der Waals surface area contributed by atoms with E-state index >= 15 is 0 Å². The van der Waals surface area contributed by atoms with Crippen molar-refractivity contribution in [2.24, 2.45) is 5.92 Å². The van der Waals surface area contributed by atoms with Crippen LogP contribution >= 0.6 is 0 Å². The summed E-state index contributed by atoms with van der Waals surface area (Å²) in [6.07, 6.45) is 1.14. The van der Waals surface area contributed by atoms with Crippen molar-refractivity contribution < 1.29 is 4.79 Å². The first-order valence-corrected chi connectivity index (χ1v) is 8.13. The molecule has 5 heteroatoms. The predicted octanol–water partition coefficient (Wildman–Crippen LogP) is 3.43. The van der Waals surface area contributed by atoms with Gasteiger partial charge in [-0.15, -0.1) is 0 Å². The summed E-state index contributed by atoms with van der Waals surface area (Å²) >= 11 is 0. The van der Waals surface area contributed by atoms with Gasteiger partial charge < -0.3 is 5.32 Å². The number of carbonyl (C=O) groups excluding carboxylic acids is 1. The van der Waals surface area contributed by atoms with E-state index < -0.39 is 0 Å². The van der Waals surface area contributed by atoms with Crippen LogP contribution in [0.2, 0.25) is 0 Å². The molecule has 0 spiro atoms. The Morgan fingerprint density at radius 2 is 2.00 bits per heavy atom. The summed E-state index contributed by atoms with van der Waals surface area (Å²) in [6, 6.07) is 5.61. The Morgan fingerprint density at radius 1 is 1.26 bits per heavy atom. The van der Waals surface area contributed by atoms with Crippen molar-refractivity contribution in [3.8, 4) is 0 Å². The summed E-state index contributed by atoms with van der Waals surface area (Å²) < 4.78 is 2.05. The highest BCUT2D eigenvalue weighted by Gasteiger charge is 2.14. The molecular formula is C18H26N4O. The Kier molecular flexibility index (Phi) is 5.53. The van der Waals surface area contributed by atoms with E-state index in [-0.39, 0.29) is 5.91 Å². The Balaban J connectivity index is 1.98. The van der Waals surface area contributed by atoms with Crippen molar-refractivity contribution in [3.63, 3.8) is 0 Å². The molecule has 0 aromatic carbocycles. The Labute approximate surface area is 138 Å². The number of aromatic nitrogens is 3. The molecule has 5 nitrogen and oxygen atoms in total. The van der Waals surface area contributed by atoms with Crippen molar-refractivity contribution in [1.29, 1.82) is 0 Å². The van der Waals surface area contributed by atoms with Crippen LogP contribution in [0, 0.1) is 26.7 Å². The fourth-order valence-corrected chi connectivity index (χ4v) is 2.68. The normalized spacial score (nSPS) is 11.0. The maximum atomic E-state index is 12.1. The molecule has 2 heterocycles. The van der Waals surface area contributed by atoms with E-state index in [1.807, 2.05) is 32.0 Å². The van der Waals surface area contributed by atoms with Gasteiger partial charge in [-0.3, -0.25) is 9.48 Å². The number of hydrogen-bond donors (Lipinski definition) is 1. The Hall–Kier alpha value is -2.17. The van der Waals surface area contributed by atoms with Gasteiger partial charge >= 0.3 is 0 Å². The molecule has 0 aliphatic rings. The Bertz CT molecular complexity index is 688. The number of nitrogens with one attached hydrogen (secondary N) is 1. The molecular weight excluding hydrogens is 288 g/mol. The molecule has 1 N–H and O–H groups in total. The van der Waals surface area contributed by atoms with Crippen LogP contribution < -0.4 is 5.32 Å². The molecule has 23 heavy (non-hydrogen) atoms. The third kappa shape index (κ3) is 4.65. The molecule has 0 bridgehead atoms. The lowest BCUT2D eigenvalue weighted by atomic mass is 10.1. The van der Waals surface area contributed by atoms with Crippen LogP contribution in [0.5, 0.6) is 0 Å². The molecule has 124 valence electrons. The van der Waals surface area contributed by atoms with Crippen LogP contribution in [0.15, 0.2) is 18.2 Å². The molecule has 0 fully saturated rings. The number of anilines is 1. The molecule has 0 aliphatic heterocycles. The highest BCUT2D eigenvalue weighted by molar-refractivity contribution is 5.89. The Morgan fingerprint density at radius 3 is 2.65 bits per heavy atom. The van der Waals surface area contributed by atoms with Crippen molar-refractivity contribution in [1.82, 2.24) is 14.8 Å². The van der Waals surface area contributed by atoms with Crippen LogP contribution in [0.1, 0.15) is 42.9 Å². The number of hydrogen-bond acceptors (Lipinski definition) is 3. The van der Waals surface area contributed by atoms with E-state index in [0.29, 0.717) is 24.6 Å². The fourth-order valence-electron chi connectivity index (χ4n) is 2.68. The maximum absolute atomic E-state index is 12.1. The summed E-state index contributed by atoms with van der Waals surface area (Å²) in [5, 5.41) is 7.45. The zero-order valence-electron chi connectivity index (χ0n) is 14.7. The number of pyridine rings is 1. The SMILES string of the molecule is Cc1cccc(NC(=O)CCc2c(C)nn(CC(C)C)c2C)n1. The van der Waals surface area contributed by atoms with E-state index in [1.54, 1.807) is 0 Å². The van der Waals surface area contributed by atoms with Gasteiger partial charge in [0.2, 0.25) is 5.91 Å². The van der Waals surface area contributed by atoms with Gasteiger partial charge in [0.15, 0.2) is 0 Å². The lowest BCUT2D eigenvalue weighted by Gasteiger charge is -2.08. The van der Waals surface area contributed by atoms with Gasteiger partial charge in [-0.1, -0.05) is 19.9 Å². The van der Waals surface area contributed by atoms with Gasteiger partial charge in [-0.2, -0.15) is 5.10 Å². The molecule has 0 atom stereocenters. The smallest absolute Gasteiger partial charge is 0.225 e. The van der Waals surface area contributed by atoms with Gasteiger partial charge in [0.1, 0.15) is 5.82 Å². The van der Waals surface area contributed by atoms with Crippen LogP contribution in [0.3, 0.4) is 0 Å². The molecule has 0 aliphatic carbocycles. The van der Waals surface area contributed by atoms with Crippen LogP contribution in [-0.4, -0.2) is 20.7 Å². The van der Waals surface area contributed by atoms with E-state index in [4.69, 9.17) is 0 Å². The van der Waals surface area contributed by atoms with Crippen molar-refractivity contribution in [3.05, 3.63) is 40.8 Å². The first-order valence-electron chi connectivity index (χ1n) is 8.13. The highest BCUT2D eigenvalue weighted by atomic mass is 16.1. The van der Waals surface area contributed by atoms with Gasteiger partial charge in [-0.25, -0.2) is 4.98 Å². The lowest BCUT2D eigenvalue weighted by Crippen LogP contribution is -2.14. The molecule has 0 unspecified atom stereocenters. The number of nitrogens with zero attached hydrogens (tertiary/aromatic N) is 3. The standard InChI is InChI=1S/C18H26N4O/c1-12(2)11-22-15(5)16(14(4)21-22)9-10-18(23)20-17-8-6-7-13(3)19-17/h6-8,12H,9-11H2,1-5H3,(H,19,20,23). The van der Waals surface area contributed by atoms with E-state index in [0.717, 1.165) is 23.6 Å². The summed E-state index contributed by atoms with van der Waals surface area (Å²) in [7, 11) is 0. The van der Waals surface area contributed by atoms with Crippen molar-refractivity contribution >= 4 is 11.7 Å². The summed E-state index contributed by atoms with van der Waals surface area (Å²) in [6.45, 7) is 11.3. The summed E-state index contributed by atoms with van der Waals surface area (Å²) in [5.41, 5.74) is 4.25. The monoisotopic (exact) mass is 314 g/mol. The molecule has 0 saturated carbocycles. The average molecular weight is 314 g/mol. The van der Waals surface area contributed by atoms with Crippen LogP contribution in [0.25, 0.3) is 0 Å². The fraction of sp³-hybridized carbons (Fsp3) is 0.500. The molecule has 2 aromatic rings. The van der Waals surface area contributed by atoms with Crippen molar-refractivity contribution in [2.45, 2.75) is 54.0 Å². The topological polar surface area (TPSA) is 59.8 Å². The summed E-state index contributed by atoms with van der Waals surface area (Å²) in [5.74, 6) is 1.15. The molecule has 2 rings (SSSR count). The second-order valence-corrected chi connectivity index (χ2v) is 6.44. The molecule has 2 aromatic heterocycles. The van der Waals surface area contributed by atoms with E-state index in [1.165, 1.54) is 5.56 Å². The maximum Gasteiger partial charge on any atom is 0.225 e. The number of carbonyl (C=O) groups is 1. The lowest BCUT2D eigenvalue weighted by molar-refractivity contribution is -0.116. The van der Waals surface area contributed by atoms with Crippen LogP contribution in [-0.2, 0) is 17.8 Å². The first-order chi connectivity index (χ1) is 10.9.